The summed E-state index contributed by atoms with van der Waals surface area (Å²) >= 11 is 8.61. The molecule has 3 nitrogen and oxygen atoms in total. The molecule has 0 amide bonds. The Labute approximate surface area is 126 Å². The van der Waals surface area contributed by atoms with Gasteiger partial charge in [-0.15, -0.1) is 0 Å². The summed E-state index contributed by atoms with van der Waals surface area (Å²) in [5.41, 5.74) is 9.67. The number of thiocarbonyl (C=S) groups is 1. The molecule has 5 heteroatoms. The van der Waals surface area contributed by atoms with Crippen molar-refractivity contribution in [1.82, 2.24) is 4.98 Å². The van der Waals surface area contributed by atoms with Crippen LogP contribution in [-0.2, 0) is 0 Å². The number of aromatic nitrogens is 1. The third kappa shape index (κ3) is 2.93. The molecule has 0 unspecified atom stereocenters. The van der Waals surface area contributed by atoms with E-state index >= 15 is 0 Å². The van der Waals surface area contributed by atoms with Crippen molar-refractivity contribution in [2.75, 3.05) is 5.32 Å². The van der Waals surface area contributed by atoms with Crippen LogP contribution >= 0.6 is 28.1 Å². The van der Waals surface area contributed by atoms with Gasteiger partial charge in [0, 0.05) is 16.4 Å². The van der Waals surface area contributed by atoms with E-state index in [9.17, 15) is 0 Å². The minimum absolute atomic E-state index is 0.348. The lowest BCUT2D eigenvalue weighted by Crippen LogP contribution is -2.15. The van der Waals surface area contributed by atoms with Crippen LogP contribution in [0.2, 0.25) is 0 Å². The van der Waals surface area contributed by atoms with Crippen LogP contribution in [0.25, 0.3) is 0 Å². The molecule has 1 aromatic heterocycles. The summed E-state index contributed by atoms with van der Waals surface area (Å²) in [5.74, 6) is 0.689. The van der Waals surface area contributed by atoms with Crippen molar-refractivity contribution in [1.29, 1.82) is 0 Å². The van der Waals surface area contributed by atoms with E-state index in [0.717, 1.165) is 26.9 Å². The Balaban J connectivity index is 2.47. The van der Waals surface area contributed by atoms with E-state index in [1.54, 1.807) is 6.20 Å². The maximum Gasteiger partial charge on any atom is 0.140 e. The van der Waals surface area contributed by atoms with Crippen molar-refractivity contribution >= 4 is 44.6 Å². The molecule has 0 aliphatic carbocycles. The number of hydrogen-bond donors (Lipinski definition) is 2. The van der Waals surface area contributed by atoms with Gasteiger partial charge in [-0.05, 0) is 43.2 Å². The molecule has 0 fully saturated rings. The van der Waals surface area contributed by atoms with Gasteiger partial charge in [-0.25, -0.2) is 4.98 Å². The van der Waals surface area contributed by atoms with Crippen molar-refractivity contribution in [3.63, 3.8) is 0 Å². The molecular weight excluding hydrogens is 322 g/mol. The number of halogens is 1. The van der Waals surface area contributed by atoms with E-state index in [0.29, 0.717) is 10.8 Å². The fourth-order valence-electron chi connectivity index (χ4n) is 1.83. The van der Waals surface area contributed by atoms with Crippen molar-refractivity contribution in [2.45, 2.75) is 13.8 Å². The second-order valence-corrected chi connectivity index (χ2v) is 5.55. The second kappa shape index (κ2) is 5.67. The SMILES string of the molecule is Cc1ccnc(Nc2cccc(Br)c2C)c1C(N)=S. The first kappa shape index (κ1) is 14.0. The van der Waals surface area contributed by atoms with E-state index in [2.05, 4.69) is 26.2 Å². The van der Waals surface area contributed by atoms with Gasteiger partial charge < -0.3 is 11.1 Å². The molecular formula is C14H14BrN3S. The third-order valence-corrected chi connectivity index (χ3v) is 3.99. The van der Waals surface area contributed by atoms with Crippen LogP contribution in [-0.4, -0.2) is 9.97 Å². The molecule has 0 atom stereocenters. The zero-order chi connectivity index (χ0) is 14.0. The molecule has 0 bridgehead atoms. The largest absolute Gasteiger partial charge is 0.389 e. The predicted octanol–water partition coefficient (Wildman–Crippen LogP) is 3.84. The summed E-state index contributed by atoms with van der Waals surface area (Å²) < 4.78 is 1.04. The molecule has 0 aliphatic rings. The number of rotatable bonds is 3. The molecule has 0 radical (unpaired) electrons. The fraction of sp³-hybridized carbons (Fsp3) is 0.143. The van der Waals surface area contributed by atoms with Gasteiger partial charge in [0.05, 0.1) is 5.56 Å². The Hall–Kier alpha value is -1.46. The molecule has 0 aliphatic heterocycles. The van der Waals surface area contributed by atoms with Gasteiger partial charge in [-0.1, -0.05) is 34.2 Å². The van der Waals surface area contributed by atoms with Crippen LogP contribution in [0.15, 0.2) is 34.9 Å². The van der Waals surface area contributed by atoms with Crippen LogP contribution in [0.5, 0.6) is 0 Å². The van der Waals surface area contributed by atoms with Crippen molar-refractivity contribution in [3.8, 4) is 0 Å². The van der Waals surface area contributed by atoms with Gasteiger partial charge in [0.15, 0.2) is 0 Å². The maximum atomic E-state index is 5.78. The Morgan fingerprint density at radius 2 is 2.05 bits per heavy atom. The minimum atomic E-state index is 0.348. The first-order chi connectivity index (χ1) is 9.00. The van der Waals surface area contributed by atoms with E-state index < -0.39 is 0 Å². The Kier molecular flexibility index (Phi) is 4.17. The quantitative estimate of drug-likeness (QED) is 0.836. The van der Waals surface area contributed by atoms with Crippen molar-refractivity contribution in [3.05, 3.63) is 51.6 Å². The average molecular weight is 336 g/mol. The van der Waals surface area contributed by atoms with Crippen LogP contribution in [0, 0.1) is 13.8 Å². The third-order valence-electron chi connectivity index (χ3n) is 2.93. The summed E-state index contributed by atoms with van der Waals surface area (Å²) in [4.78, 5) is 4.68. The topological polar surface area (TPSA) is 50.9 Å². The number of nitrogens with zero attached hydrogens (tertiary/aromatic N) is 1. The molecule has 0 saturated heterocycles. The van der Waals surface area contributed by atoms with Crippen LogP contribution in [0.4, 0.5) is 11.5 Å². The van der Waals surface area contributed by atoms with Crippen LogP contribution < -0.4 is 11.1 Å². The van der Waals surface area contributed by atoms with E-state index in [1.807, 2.05) is 38.1 Å². The van der Waals surface area contributed by atoms with Gasteiger partial charge >= 0.3 is 0 Å². The molecule has 2 aromatic rings. The summed E-state index contributed by atoms with van der Waals surface area (Å²) in [6.07, 6.45) is 1.74. The van der Waals surface area contributed by atoms with Crippen LogP contribution in [0.3, 0.4) is 0 Å². The van der Waals surface area contributed by atoms with E-state index in [1.165, 1.54) is 0 Å². The molecule has 1 aromatic carbocycles. The smallest absolute Gasteiger partial charge is 0.140 e. The second-order valence-electron chi connectivity index (χ2n) is 4.25. The van der Waals surface area contributed by atoms with Gasteiger partial charge in [-0.2, -0.15) is 0 Å². The first-order valence-electron chi connectivity index (χ1n) is 5.78. The highest BCUT2D eigenvalue weighted by Gasteiger charge is 2.11. The number of anilines is 2. The van der Waals surface area contributed by atoms with Gasteiger partial charge in [0.2, 0.25) is 0 Å². The minimum Gasteiger partial charge on any atom is -0.389 e. The lowest BCUT2D eigenvalue weighted by molar-refractivity contribution is 1.25. The Morgan fingerprint density at radius 1 is 1.32 bits per heavy atom. The van der Waals surface area contributed by atoms with Crippen LogP contribution in [0.1, 0.15) is 16.7 Å². The number of nitrogens with two attached hydrogens (primary N) is 1. The molecule has 0 saturated carbocycles. The molecule has 2 rings (SSSR count). The van der Waals surface area contributed by atoms with Gasteiger partial charge in [0.25, 0.3) is 0 Å². The van der Waals surface area contributed by atoms with E-state index in [-0.39, 0.29) is 0 Å². The fourth-order valence-corrected chi connectivity index (χ4v) is 2.46. The first-order valence-corrected chi connectivity index (χ1v) is 6.98. The highest BCUT2D eigenvalue weighted by Crippen LogP contribution is 2.27. The van der Waals surface area contributed by atoms with E-state index in [4.69, 9.17) is 18.0 Å². The predicted molar refractivity (Wildman–Crippen MR) is 87.0 cm³/mol. The van der Waals surface area contributed by atoms with Crippen molar-refractivity contribution in [2.24, 2.45) is 5.73 Å². The lowest BCUT2D eigenvalue weighted by Gasteiger charge is -2.14. The standard InChI is InChI=1S/C14H14BrN3S/c1-8-6-7-17-14(12(8)13(16)19)18-11-5-3-4-10(15)9(11)2/h3-7H,1-2H3,(H2,16,19)(H,17,18). The highest BCUT2D eigenvalue weighted by atomic mass is 79.9. The highest BCUT2D eigenvalue weighted by molar-refractivity contribution is 9.10. The number of aryl methyl sites for hydroxylation is 1. The van der Waals surface area contributed by atoms with Gasteiger partial charge in [-0.3, -0.25) is 0 Å². The number of nitrogens with one attached hydrogen (secondary N) is 1. The molecule has 98 valence electrons. The maximum absolute atomic E-state index is 5.78. The summed E-state index contributed by atoms with van der Waals surface area (Å²) in [6, 6.07) is 7.86. The summed E-state index contributed by atoms with van der Waals surface area (Å²) in [7, 11) is 0. The summed E-state index contributed by atoms with van der Waals surface area (Å²) in [6.45, 7) is 4.00. The zero-order valence-electron chi connectivity index (χ0n) is 10.7. The monoisotopic (exact) mass is 335 g/mol. The Bertz CT molecular complexity index is 641. The number of hydrogen-bond acceptors (Lipinski definition) is 3. The summed E-state index contributed by atoms with van der Waals surface area (Å²) in [5, 5.41) is 3.30. The lowest BCUT2D eigenvalue weighted by atomic mass is 10.1. The number of pyridine rings is 1. The molecule has 3 N–H and O–H groups in total. The number of benzene rings is 1. The van der Waals surface area contributed by atoms with Crippen molar-refractivity contribution < 1.29 is 0 Å². The molecule has 0 spiro atoms. The average Bonchev–Trinajstić information content (AvgIpc) is 2.34. The van der Waals surface area contributed by atoms with Gasteiger partial charge in [0.1, 0.15) is 10.8 Å². The zero-order valence-corrected chi connectivity index (χ0v) is 13.1. The Morgan fingerprint density at radius 3 is 2.74 bits per heavy atom. The normalized spacial score (nSPS) is 10.3. The molecule has 19 heavy (non-hydrogen) atoms. The molecule has 1 heterocycles.